The summed E-state index contributed by atoms with van der Waals surface area (Å²) in [4.78, 5) is 25.4. The molecule has 62 heavy (non-hydrogen) atoms. The molecule has 1 amide bonds. The van der Waals surface area contributed by atoms with Crippen LogP contribution in [0.15, 0.2) is 0 Å². The zero-order valence-corrected chi connectivity index (χ0v) is 43.3. The number of hydrogen-bond acceptors (Lipinski definition) is 6. The van der Waals surface area contributed by atoms with E-state index in [2.05, 4.69) is 19.2 Å². The number of aliphatic hydroxyl groups excluding tert-OH is 1. The van der Waals surface area contributed by atoms with Gasteiger partial charge in [0.15, 0.2) is 0 Å². The van der Waals surface area contributed by atoms with Gasteiger partial charge in [-0.15, -0.1) is 0 Å². The Hall–Kier alpha value is -0.500. The Morgan fingerprint density at radius 2 is 0.790 bits per heavy atom. The quantitative estimate of drug-likeness (QED) is 0.0358. The Morgan fingerprint density at radius 3 is 1.10 bits per heavy atom. The number of nitrogens with one attached hydrogen (secondary N) is 1. The minimum Gasteiger partial charge on any atom is -0.756 e. The molecule has 0 aliphatic carbocycles. The van der Waals surface area contributed by atoms with Crippen LogP contribution in [0.1, 0.15) is 284 Å². The van der Waals surface area contributed by atoms with Gasteiger partial charge in [0.25, 0.3) is 7.82 Å². The second-order valence-electron chi connectivity index (χ2n) is 20.3. The largest absolute Gasteiger partial charge is 0.756 e. The Bertz CT molecular complexity index is 978. The Labute approximate surface area is 387 Å². The molecule has 0 aromatic rings. The molecule has 0 spiro atoms. The minimum absolute atomic E-state index is 0.0164. The van der Waals surface area contributed by atoms with Crippen LogP contribution in [0.5, 0.6) is 0 Å². The van der Waals surface area contributed by atoms with Crippen LogP contribution in [0.2, 0.25) is 0 Å². The average Bonchev–Trinajstić information content (AvgIpc) is 3.23. The maximum Gasteiger partial charge on any atom is 0.268 e. The van der Waals surface area contributed by atoms with Crippen molar-refractivity contribution in [1.82, 2.24) is 5.32 Å². The summed E-state index contributed by atoms with van der Waals surface area (Å²) < 4.78 is 23.4. The summed E-state index contributed by atoms with van der Waals surface area (Å²) in [6.07, 6.45) is 52.7. The lowest BCUT2D eigenvalue weighted by Crippen LogP contribution is -2.46. The Morgan fingerprint density at radius 1 is 0.500 bits per heavy atom. The van der Waals surface area contributed by atoms with Crippen LogP contribution >= 0.6 is 7.82 Å². The first-order valence-corrected chi connectivity index (χ1v) is 28.8. The molecule has 9 heteroatoms. The van der Waals surface area contributed by atoms with Crippen LogP contribution in [0.4, 0.5) is 0 Å². The number of unbranched alkanes of at least 4 members (excludes halogenated alkanes) is 38. The molecule has 0 heterocycles. The maximum absolute atomic E-state index is 12.9. The molecular formula is C53H109N2O6P. The molecule has 0 aromatic carbocycles. The number of amides is 1. The van der Waals surface area contributed by atoms with E-state index in [0.717, 1.165) is 38.5 Å². The smallest absolute Gasteiger partial charge is 0.268 e. The second kappa shape index (κ2) is 45.6. The minimum atomic E-state index is -4.56. The van der Waals surface area contributed by atoms with Gasteiger partial charge in [-0.25, -0.2) is 0 Å². The van der Waals surface area contributed by atoms with Crippen molar-refractivity contribution in [1.29, 1.82) is 0 Å². The van der Waals surface area contributed by atoms with E-state index >= 15 is 0 Å². The highest BCUT2D eigenvalue weighted by Crippen LogP contribution is 2.38. The van der Waals surface area contributed by atoms with E-state index in [9.17, 15) is 19.4 Å². The number of hydrogen-bond donors (Lipinski definition) is 2. The van der Waals surface area contributed by atoms with Gasteiger partial charge in [0.2, 0.25) is 5.91 Å². The van der Waals surface area contributed by atoms with E-state index in [-0.39, 0.29) is 19.1 Å². The monoisotopic (exact) mass is 901 g/mol. The maximum atomic E-state index is 12.9. The first-order valence-electron chi connectivity index (χ1n) is 27.4. The number of phosphoric acid groups is 1. The van der Waals surface area contributed by atoms with Crippen molar-refractivity contribution >= 4 is 13.7 Å². The zero-order valence-electron chi connectivity index (χ0n) is 42.4. The fraction of sp³-hybridized carbons (Fsp3) is 0.981. The van der Waals surface area contributed by atoms with Gasteiger partial charge in [-0.05, 0) is 12.8 Å². The molecule has 0 aliphatic heterocycles. The first kappa shape index (κ1) is 61.5. The van der Waals surface area contributed by atoms with Gasteiger partial charge in [-0.3, -0.25) is 9.36 Å². The lowest BCUT2D eigenvalue weighted by molar-refractivity contribution is -0.870. The Balaban J connectivity index is 4.10. The molecule has 0 aliphatic rings. The van der Waals surface area contributed by atoms with Crippen molar-refractivity contribution in [3.63, 3.8) is 0 Å². The number of rotatable bonds is 51. The third-order valence-electron chi connectivity index (χ3n) is 12.8. The van der Waals surface area contributed by atoms with Crippen molar-refractivity contribution in [2.45, 2.75) is 296 Å². The molecule has 8 nitrogen and oxygen atoms in total. The zero-order chi connectivity index (χ0) is 45.7. The number of nitrogens with zero attached hydrogens (tertiary/aromatic N) is 1. The third-order valence-corrected chi connectivity index (χ3v) is 13.8. The predicted molar refractivity (Wildman–Crippen MR) is 266 cm³/mol. The van der Waals surface area contributed by atoms with Crippen LogP contribution in [-0.4, -0.2) is 68.5 Å². The number of phosphoric ester groups is 1. The van der Waals surface area contributed by atoms with E-state index in [1.54, 1.807) is 0 Å². The standard InChI is InChI=1S/C53H109N2O6P/c1-6-8-10-12-14-16-18-20-22-23-24-25-26-27-28-29-30-31-32-33-34-36-38-40-42-44-46-52(56)51(50-61-62(58,59)60-49-48-55(3,4)5)54-53(57)47-45-43-41-39-37-35-21-19-17-15-13-11-9-7-2/h51-52,56H,6-50H2,1-5H3,(H-,54,57,58,59). The summed E-state index contributed by atoms with van der Waals surface area (Å²) in [5.41, 5.74) is 0. The van der Waals surface area contributed by atoms with Crippen molar-refractivity contribution in [2.24, 2.45) is 0 Å². The second-order valence-corrected chi connectivity index (χ2v) is 21.7. The summed E-state index contributed by atoms with van der Waals surface area (Å²) in [6.45, 7) is 4.76. The summed E-state index contributed by atoms with van der Waals surface area (Å²) in [5.74, 6) is -0.159. The van der Waals surface area contributed by atoms with Crippen molar-refractivity contribution in [3.05, 3.63) is 0 Å². The number of likely N-dealkylation sites (N-methyl/N-ethyl adjacent to an activating group) is 1. The van der Waals surface area contributed by atoms with Gasteiger partial charge < -0.3 is 28.8 Å². The predicted octanol–water partition coefficient (Wildman–Crippen LogP) is 15.5. The number of quaternary nitrogens is 1. The summed E-state index contributed by atoms with van der Waals surface area (Å²) >= 11 is 0. The van der Waals surface area contributed by atoms with Crippen molar-refractivity contribution < 1.29 is 32.9 Å². The van der Waals surface area contributed by atoms with Crippen LogP contribution in [0.25, 0.3) is 0 Å². The van der Waals surface area contributed by atoms with Crippen LogP contribution in [0, 0.1) is 0 Å². The molecule has 0 saturated heterocycles. The lowest BCUT2D eigenvalue weighted by Gasteiger charge is -2.30. The van der Waals surface area contributed by atoms with Crippen LogP contribution < -0.4 is 10.2 Å². The fourth-order valence-electron chi connectivity index (χ4n) is 8.51. The van der Waals surface area contributed by atoms with Crippen LogP contribution in [-0.2, 0) is 18.4 Å². The molecule has 372 valence electrons. The average molecular weight is 901 g/mol. The molecule has 0 radical (unpaired) electrons. The highest BCUT2D eigenvalue weighted by atomic mass is 31.2. The first-order chi connectivity index (χ1) is 30.0. The van der Waals surface area contributed by atoms with Crippen molar-refractivity contribution in [3.8, 4) is 0 Å². The molecule has 2 N–H and O–H groups in total. The molecule has 3 atom stereocenters. The topological polar surface area (TPSA) is 108 Å². The van der Waals surface area contributed by atoms with E-state index in [1.807, 2.05) is 21.1 Å². The lowest BCUT2D eigenvalue weighted by atomic mass is 10.0. The highest BCUT2D eigenvalue weighted by Gasteiger charge is 2.24. The molecule has 0 fully saturated rings. The van der Waals surface area contributed by atoms with Crippen molar-refractivity contribution in [2.75, 3.05) is 40.9 Å². The van der Waals surface area contributed by atoms with E-state index in [4.69, 9.17) is 9.05 Å². The molecular weight excluding hydrogens is 792 g/mol. The van der Waals surface area contributed by atoms with Gasteiger partial charge in [0, 0.05) is 6.42 Å². The molecule has 0 saturated carbocycles. The van der Waals surface area contributed by atoms with Gasteiger partial charge in [-0.1, -0.05) is 264 Å². The molecule has 3 unspecified atom stereocenters. The van der Waals surface area contributed by atoms with Gasteiger partial charge >= 0.3 is 0 Å². The molecule has 0 aromatic heterocycles. The fourth-order valence-corrected chi connectivity index (χ4v) is 9.24. The SMILES string of the molecule is CCCCCCCCCCCCCCCCCCCCCCCCCCCCC(O)C(COP(=O)([O-])OCC[N+](C)(C)C)NC(=O)CCCCCCCCCCCCCCCC. The summed E-state index contributed by atoms with van der Waals surface area (Å²) in [7, 11) is 1.32. The summed E-state index contributed by atoms with van der Waals surface area (Å²) in [6, 6.07) is -0.794. The number of carbonyl (C=O) groups is 1. The third kappa shape index (κ3) is 47.5. The molecule has 0 bridgehead atoms. The molecule has 0 rings (SSSR count). The Kier molecular flexibility index (Phi) is 45.3. The van der Waals surface area contributed by atoms with Gasteiger partial charge in [-0.2, -0.15) is 0 Å². The summed E-state index contributed by atoms with van der Waals surface area (Å²) in [5, 5.41) is 14.0. The van der Waals surface area contributed by atoms with Crippen LogP contribution in [0.3, 0.4) is 0 Å². The number of aliphatic hydroxyl groups is 1. The van der Waals surface area contributed by atoms with E-state index in [1.165, 1.54) is 218 Å². The normalized spacial score (nSPS) is 14.0. The van der Waals surface area contributed by atoms with Gasteiger partial charge in [0.05, 0.1) is 39.9 Å². The van der Waals surface area contributed by atoms with E-state index < -0.39 is 20.0 Å². The van der Waals surface area contributed by atoms with E-state index in [0.29, 0.717) is 23.9 Å². The number of carbonyl (C=O) groups excluding carboxylic acids is 1. The van der Waals surface area contributed by atoms with Gasteiger partial charge in [0.1, 0.15) is 13.2 Å². The highest BCUT2D eigenvalue weighted by molar-refractivity contribution is 7.45.